The smallest absolute Gasteiger partial charge is 0.240 e. The topological polar surface area (TPSA) is 76.0 Å². The number of hydrogen-bond acceptors (Lipinski definition) is 4. The van der Waals surface area contributed by atoms with Crippen LogP contribution in [0.1, 0.15) is 42.8 Å². The number of amides is 2. The Balaban J connectivity index is 1.39. The average Bonchev–Trinajstić information content (AvgIpc) is 3.41. The molecule has 0 aliphatic heterocycles. The Hall–Kier alpha value is -2.67. The summed E-state index contributed by atoms with van der Waals surface area (Å²) in [6, 6.07) is 11.8. The second kappa shape index (κ2) is 9.89. The molecule has 158 valence electrons. The van der Waals surface area contributed by atoms with E-state index in [0.29, 0.717) is 19.5 Å². The van der Waals surface area contributed by atoms with Crippen molar-refractivity contribution in [1.29, 1.82) is 0 Å². The lowest BCUT2D eigenvalue weighted by atomic mass is 9.89. The van der Waals surface area contributed by atoms with Crippen molar-refractivity contribution < 1.29 is 9.59 Å². The van der Waals surface area contributed by atoms with E-state index in [-0.39, 0.29) is 24.3 Å². The van der Waals surface area contributed by atoms with Gasteiger partial charge in [-0.25, -0.2) is 4.98 Å². The molecule has 1 saturated carbocycles. The summed E-state index contributed by atoms with van der Waals surface area (Å²) < 4.78 is 1.96. The molecule has 30 heavy (non-hydrogen) atoms. The maximum atomic E-state index is 12.6. The van der Waals surface area contributed by atoms with E-state index in [2.05, 4.69) is 10.6 Å². The number of aromatic nitrogens is 2. The van der Waals surface area contributed by atoms with Gasteiger partial charge in [0.25, 0.3) is 0 Å². The Kier molecular flexibility index (Phi) is 6.79. The zero-order valence-electron chi connectivity index (χ0n) is 17.1. The molecule has 0 bridgehead atoms. The monoisotopic (exact) mass is 424 g/mol. The number of benzene rings is 1. The van der Waals surface area contributed by atoms with Crippen LogP contribution >= 0.6 is 11.3 Å². The summed E-state index contributed by atoms with van der Waals surface area (Å²) in [5.74, 6) is 1.09. The van der Waals surface area contributed by atoms with Gasteiger partial charge < -0.3 is 15.2 Å². The molecule has 2 heterocycles. The molecule has 3 aromatic rings. The predicted molar refractivity (Wildman–Crippen MR) is 119 cm³/mol. The van der Waals surface area contributed by atoms with Crippen molar-refractivity contribution in [2.45, 2.75) is 51.6 Å². The van der Waals surface area contributed by atoms with E-state index in [1.807, 2.05) is 46.3 Å². The highest BCUT2D eigenvalue weighted by Crippen LogP contribution is 2.23. The fourth-order valence-electron chi connectivity index (χ4n) is 4.10. The molecule has 1 fully saturated rings. The van der Waals surface area contributed by atoms with E-state index in [9.17, 15) is 9.59 Å². The summed E-state index contributed by atoms with van der Waals surface area (Å²) in [6.45, 7) is 1.29. The Morgan fingerprint density at radius 2 is 1.90 bits per heavy atom. The maximum Gasteiger partial charge on any atom is 0.240 e. The number of fused-ring (bicyclic) bond motifs is 1. The van der Waals surface area contributed by atoms with Gasteiger partial charge in [0.1, 0.15) is 12.4 Å². The largest absolute Gasteiger partial charge is 0.355 e. The number of rotatable bonds is 8. The molecule has 0 atom stereocenters. The van der Waals surface area contributed by atoms with E-state index >= 15 is 0 Å². The minimum absolute atomic E-state index is 0.0426. The molecule has 7 heteroatoms. The van der Waals surface area contributed by atoms with Crippen molar-refractivity contribution in [2.75, 3.05) is 6.54 Å². The standard InChI is InChI=1S/C23H28N4O2S/c28-22(25-15-18-9-6-14-30-18)16-27-20-11-5-4-10-19(20)26-21(27)12-13-24-23(29)17-7-2-1-3-8-17/h4-6,9-11,14,17H,1-3,7-8,12-13,15-16H2,(H,24,29)(H,25,28). The van der Waals surface area contributed by atoms with Crippen LogP contribution in [0.5, 0.6) is 0 Å². The van der Waals surface area contributed by atoms with E-state index in [1.54, 1.807) is 11.3 Å². The van der Waals surface area contributed by atoms with E-state index in [0.717, 1.165) is 47.4 Å². The number of nitrogens with zero attached hydrogens (tertiary/aromatic N) is 2. The van der Waals surface area contributed by atoms with Crippen molar-refractivity contribution in [1.82, 2.24) is 20.2 Å². The maximum absolute atomic E-state index is 12.6. The molecule has 1 aromatic carbocycles. The van der Waals surface area contributed by atoms with Gasteiger partial charge in [0.15, 0.2) is 0 Å². The molecule has 1 aliphatic rings. The zero-order valence-corrected chi connectivity index (χ0v) is 17.9. The SMILES string of the molecule is O=C(Cn1c(CCNC(=O)C2CCCCC2)nc2ccccc21)NCc1cccs1. The second-order valence-corrected chi connectivity index (χ2v) is 8.87. The van der Waals surface area contributed by atoms with Gasteiger partial charge in [0.2, 0.25) is 11.8 Å². The molecule has 0 radical (unpaired) electrons. The first-order valence-corrected chi connectivity index (χ1v) is 11.6. The van der Waals surface area contributed by atoms with Crippen LogP contribution in [-0.4, -0.2) is 27.9 Å². The molecule has 1 aliphatic carbocycles. The van der Waals surface area contributed by atoms with Gasteiger partial charge in [0.05, 0.1) is 17.6 Å². The number of nitrogens with one attached hydrogen (secondary N) is 2. The van der Waals surface area contributed by atoms with Crippen LogP contribution in [0.3, 0.4) is 0 Å². The van der Waals surface area contributed by atoms with E-state index < -0.39 is 0 Å². The highest BCUT2D eigenvalue weighted by Gasteiger charge is 2.21. The number of imidazole rings is 1. The summed E-state index contributed by atoms with van der Waals surface area (Å²) in [7, 11) is 0. The molecular formula is C23H28N4O2S. The van der Waals surface area contributed by atoms with Crippen molar-refractivity contribution in [3.63, 3.8) is 0 Å². The highest BCUT2D eigenvalue weighted by atomic mass is 32.1. The normalized spacial score (nSPS) is 14.7. The van der Waals surface area contributed by atoms with Crippen molar-refractivity contribution in [3.05, 3.63) is 52.5 Å². The van der Waals surface area contributed by atoms with E-state index in [4.69, 9.17) is 4.98 Å². The third-order valence-electron chi connectivity index (χ3n) is 5.70. The Morgan fingerprint density at radius 3 is 2.70 bits per heavy atom. The van der Waals surface area contributed by atoms with E-state index in [1.165, 1.54) is 6.42 Å². The fourth-order valence-corrected chi connectivity index (χ4v) is 4.74. The van der Waals surface area contributed by atoms with Gasteiger partial charge >= 0.3 is 0 Å². The molecule has 2 amide bonds. The first kappa shape index (κ1) is 20.6. The molecule has 2 aromatic heterocycles. The number of carbonyl (C=O) groups excluding carboxylic acids is 2. The Morgan fingerprint density at radius 1 is 1.07 bits per heavy atom. The van der Waals surface area contributed by atoms with Crippen LogP contribution in [0.15, 0.2) is 41.8 Å². The molecular weight excluding hydrogens is 396 g/mol. The molecule has 0 saturated heterocycles. The highest BCUT2D eigenvalue weighted by molar-refractivity contribution is 7.09. The molecule has 0 spiro atoms. The third-order valence-corrected chi connectivity index (χ3v) is 6.58. The van der Waals surface area contributed by atoms with Gasteiger partial charge in [-0.15, -0.1) is 11.3 Å². The summed E-state index contributed by atoms with van der Waals surface area (Å²) in [4.78, 5) is 30.8. The lowest BCUT2D eigenvalue weighted by molar-refractivity contribution is -0.126. The Labute approximate surface area is 180 Å². The molecule has 4 rings (SSSR count). The zero-order chi connectivity index (χ0) is 20.8. The Bertz CT molecular complexity index is 990. The van der Waals surface area contributed by atoms with Crippen LogP contribution in [0.4, 0.5) is 0 Å². The summed E-state index contributed by atoms with van der Waals surface area (Å²) >= 11 is 1.63. The summed E-state index contributed by atoms with van der Waals surface area (Å²) in [5, 5.41) is 8.07. The van der Waals surface area contributed by atoms with Gasteiger partial charge in [-0.05, 0) is 36.4 Å². The van der Waals surface area contributed by atoms with Gasteiger partial charge in [-0.2, -0.15) is 0 Å². The van der Waals surface area contributed by atoms with Crippen LogP contribution < -0.4 is 10.6 Å². The van der Waals surface area contributed by atoms with Gasteiger partial charge in [-0.1, -0.05) is 37.5 Å². The predicted octanol–water partition coefficient (Wildman–Crippen LogP) is 3.65. The number of thiophene rings is 1. The van der Waals surface area contributed by atoms with Crippen molar-refractivity contribution >= 4 is 34.2 Å². The average molecular weight is 425 g/mol. The number of hydrogen-bond donors (Lipinski definition) is 2. The first-order valence-electron chi connectivity index (χ1n) is 10.7. The van der Waals surface area contributed by atoms with Crippen LogP contribution in [0, 0.1) is 5.92 Å². The minimum Gasteiger partial charge on any atom is -0.355 e. The minimum atomic E-state index is -0.0426. The van der Waals surface area contributed by atoms with Crippen LogP contribution in [0.2, 0.25) is 0 Å². The fraction of sp³-hybridized carbons (Fsp3) is 0.435. The van der Waals surface area contributed by atoms with Crippen LogP contribution in [-0.2, 0) is 29.1 Å². The van der Waals surface area contributed by atoms with Gasteiger partial charge in [-0.3, -0.25) is 9.59 Å². The van der Waals surface area contributed by atoms with Gasteiger partial charge in [0, 0.05) is 23.8 Å². The second-order valence-electron chi connectivity index (χ2n) is 7.83. The number of para-hydroxylation sites is 2. The molecule has 2 N–H and O–H groups in total. The molecule has 0 unspecified atom stereocenters. The van der Waals surface area contributed by atoms with Crippen molar-refractivity contribution in [2.24, 2.45) is 5.92 Å². The molecule has 6 nitrogen and oxygen atoms in total. The number of carbonyl (C=O) groups is 2. The van der Waals surface area contributed by atoms with Crippen molar-refractivity contribution in [3.8, 4) is 0 Å². The lowest BCUT2D eigenvalue weighted by Crippen LogP contribution is -2.34. The lowest BCUT2D eigenvalue weighted by Gasteiger charge is -2.20. The summed E-state index contributed by atoms with van der Waals surface area (Å²) in [6.07, 6.45) is 6.13. The first-order chi connectivity index (χ1) is 14.7. The summed E-state index contributed by atoms with van der Waals surface area (Å²) in [5.41, 5.74) is 1.81. The quantitative estimate of drug-likeness (QED) is 0.579. The van der Waals surface area contributed by atoms with Crippen LogP contribution in [0.25, 0.3) is 11.0 Å². The third kappa shape index (κ3) is 5.08.